The molecule has 4 heteroatoms. The molecule has 1 aliphatic rings. The van der Waals surface area contributed by atoms with Gasteiger partial charge in [0.25, 0.3) is 0 Å². The Kier molecular flexibility index (Phi) is 2.84. The molecule has 0 aliphatic carbocycles. The van der Waals surface area contributed by atoms with Gasteiger partial charge in [-0.2, -0.15) is 0 Å². The molecule has 0 saturated carbocycles. The lowest BCUT2D eigenvalue weighted by atomic mass is 9.92. The number of hydrogen-bond acceptors (Lipinski definition) is 4. The van der Waals surface area contributed by atoms with Gasteiger partial charge in [0, 0.05) is 12.3 Å². The van der Waals surface area contributed by atoms with Crippen LogP contribution < -0.4 is 5.73 Å². The van der Waals surface area contributed by atoms with Gasteiger partial charge in [-0.05, 0) is 13.5 Å². The first kappa shape index (κ1) is 8.93. The van der Waals surface area contributed by atoms with E-state index < -0.39 is 12.4 Å². The molecular formula is C7H15NO3. The zero-order valence-electron chi connectivity index (χ0n) is 6.60. The zero-order chi connectivity index (χ0) is 8.43. The third kappa shape index (κ3) is 1.90. The first-order valence-corrected chi connectivity index (χ1v) is 3.86. The number of ether oxygens (including phenoxy) is 1. The maximum Gasteiger partial charge on any atom is 0.155 e. The Hall–Kier alpha value is -0.160. The Morgan fingerprint density at radius 2 is 2.18 bits per heavy atom. The lowest BCUT2D eigenvalue weighted by Gasteiger charge is -2.35. The van der Waals surface area contributed by atoms with Gasteiger partial charge in [-0.1, -0.05) is 0 Å². The summed E-state index contributed by atoms with van der Waals surface area (Å²) in [4.78, 5) is 0. The molecule has 1 rings (SSSR count). The van der Waals surface area contributed by atoms with Crippen LogP contribution in [0.4, 0.5) is 0 Å². The highest BCUT2D eigenvalue weighted by atomic mass is 16.6. The maximum absolute atomic E-state index is 9.44. The largest absolute Gasteiger partial charge is 0.390 e. The monoisotopic (exact) mass is 161 g/mol. The fourth-order valence-electron chi connectivity index (χ4n) is 1.40. The average Bonchev–Trinajstić information content (AvgIpc) is 1.96. The van der Waals surface area contributed by atoms with E-state index in [1.54, 1.807) is 6.92 Å². The quantitative estimate of drug-likeness (QED) is 0.463. The summed E-state index contributed by atoms with van der Waals surface area (Å²) in [6.45, 7) is 2.13. The van der Waals surface area contributed by atoms with E-state index in [0.717, 1.165) is 0 Å². The second-order valence-electron chi connectivity index (χ2n) is 3.02. The second-order valence-corrected chi connectivity index (χ2v) is 3.02. The summed E-state index contributed by atoms with van der Waals surface area (Å²) in [5.41, 5.74) is 5.39. The van der Waals surface area contributed by atoms with Crippen LogP contribution in [-0.4, -0.2) is 35.3 Å². The van der Waals surface area contributed by atoms with Crippen molar-refractivity contribution in [2.75, 3.05) is 6.54 Å². The third-order valence-corrected chi connectivity index (χ3v) is 2.14. The molecule has 0 aromatic heterocycles. The van der Waals surface area contributed by atoms with Crippen molar-refractivity contribution in [1.29, 1.82) is 0 Å². The first-order valence-electron chi connectivity index (χ1n) is 3.86. The molecule has 4 N–H and O–H groups in total. The van der Waals surface area contributed by atoms with E-state index in [-0.39, 0.29) is 12.0 Å². The minimum atomic E-state index is -0.762. The smallest absolute Gasteiger partial charge is 0.155 e. The zero-order valence-corrected chi connectivity index (χ0v) is 6.60. The lowest BCUT2D eigenvalue weighted by molar-refractivity contribution is -0.210. The molecule has 4 nitrogen and oxygen atoms in total. The molecule has 0 bridgehead atoms. The van der Waals surface area contributed by atoms with Crippen LogP contribution in [0.15, 0.2) is 0 Å². The van der Waals surface area contributed by atoms with Gasteiger partial charge in [0.05, 0.1) is 12.2 Å². The molecule has 0 aromatic rings. The Labute approximate surface area is 66.0 Å². The van der Waals surface area contributed by atoms with Gasteiger partial charge in [-0.25, -0.2) is 0 Å². The minimum Gasteiger partial charge on any atom is -0.390 e. The van der Waals surface area contributed by atoms with Gasteiger partial charge < -0.3 is 20.7 Å². The third-order valence-electron chi connectivity index (χ3n) is 2.14. The van der Waals surface area contributed by atoms with E-state index >= 15 is 0 Å². The van der Waals surface area contributed by atoms with Crippen molar-refractivity contribution < 1.29 is 14.9 Å². The summed E-state index contributed by atoms with van der Waals surface area (Å²) in [6.07, 6.45) is -1.18. The van der Waals surface area contributed by atoms with Crippen LogP contribution in [-0.2, 0) is 4.74 Å². The Morgan fingerprint density at radius 1 is 1.55 bits per heavy atom. The van der Waals surface area contributed by atoms with Crippen molar-refractivity contribution in [2.45, 2.75) is 31.8 Å². The van der Waals surface area contributed by atoms with E-state index in [1.807, 2.05) is 0 Å². The van der Waals surface area contributed by atoms with Gasteiger partial charge in [-0.3, -0.25) is 0 Å². The van der Waals surface area contributed by atoms with Gasteiger partial charge in [0.15, 0.2) is 6.29 Å². The molecule has 0 spiro atoms. The van der Waals surface area contributed by atoms with Crippen LogP contribution in [0.2, 0.25) is 0 Å². The summed E-state index contributed by atoms with van der Waals surface area (Å²) < 4.78 is 4.98. The van der Waals surface area contributed by atoms with Crippen LogP contribution in [0.3, 0.4) is 0 Å². The Morgan fingerprint density at radius 3 is 2.73 bits per heavy atom. The van der Waals surface area contributed by atoms with Crippen molar-refractivity contribution in [1.82, 2.24) is 0 Å². The van der Waals surface area contributed by atoms with Crippen LogP contribution in [0.25, 0.3) is 0 Å². The van der Waals surface area contributed by atoms with E-state index in [4.69, 9.17) is 15.6 Å². The SMILES string of the molecule is C[C@@H]1OC(O)C[C@H](CN)[C@H]1O. The van der Waals surface area contributed by atoms with Crippen molar-refractivity contribution in [3.8, 4) is 0 Å². The summed E-state index contributed by atoms with van der Waals surface area (Å²) in [6, 6.07) is 0. The fraction of sp³-hybridized carbons (Fsp3) is 1.00. The van der Waals surface area contributed by atoms with Gasteiger partial charge in [0.2, 0.25) is 0 Å². The van der Waals surface area contributed by atoms with Gasteiger partial charge in [-0.15, -0.1) is 0 Å². The number of hydrogen-bond donors (Lipinski definition) is 3. The predicted molar refractivity (Wildman–Crippen MR) is 39.7 cm³/mol. The molecular weight excluding hydrogens is 146 g/mol. The molecule has 0 aromatic carbocycles. The molecule has 1 aliphatic heterocycles. The summed E-state index contributed by atoms with van der Waals surface area (Å²) in [5.74, 6) is -0.0336. The Balaban J connectivity index is 2.51. The maximum atomic E-state index is 9.44. The van der Waals surface area contributed by atoms with E-state index in [0.29, 0.717) is 13.0 Å². The van der Waals surface area contributed by atoms with E-state index in [2.05, 4.69) is 0 Å². The lowest BCUT2D eigenvalue weighted by Crippen LogP contribution is -2.46. The van der Waals surface area contributed by atoms with Crippen molar-refractivity contribution in [3.05, 3.63) is 0 Å². The Bertz CT molecular complexity index is 131. The van der Waals surface area contributed by atoms with Crippen molar-refractivity contribution in [2.24, 2.45) is 11.7 Å². The molecule has 1 saturated heterocycles. The highest BCUT2D eigenvalue weighted by Gasteiger charge is 2.33. The van der Waals surface area contributed by atoms with Gasteiger partial charge >= 0.3 is 0 Å². The number of rotatable bonds is 1. The summed E-state index contributed by atoms with van der Waals surface area (Å²) in [5, 5.41) is 18.5. The van der Waals surface area contributed by atoms with Gasteiger partial charge in [0.1, 0.15) is 0 Å². The number of aliphatic hydroxyl groups excluding tert-OH is 2. The minimum absolute atomic E-state index is 0.0336. The van der Waals surface area contributed by atoms with Crippen molar-refractivity contribution in [3.63, 3.8) is 0 Å². The molecule has 0 amide bonds. The molecule has 1 heterocycles. The van der Waals surface area contributed by atoms with Crippen LogP contribution >= 0.6 is 0 Å². The van der Waals surface area contributed by atoms with E-state index in [1.165, 1.54) is 0 Å². The number of aliphatic hydroxyl groups is 2. The highest BCUT2D eigenvalue weighted by molar-refractivity contribution is 4.80. The molecule has 66 valence electrons. The summed E-state index contributed by atoms with van der Waals surface area (Å²) in [7, 11) is 0. The van der Waals surface area contributed by atoms with E-state index in [9.17, 15) is 5.11 Å². The first-order chi connectivity index (χ1) is 5.15. The average molecular weight is 161 g/mol. The molecule has 1 unspecified atom stereocenters. The van der Waals surface area contributed by atoms with Crippen LogP contribution in [0.5, 0.6) is 0 Å². The molecule has 4 atom stereocenters. The fourth-order valence-corrected chi connectivity index (χ4v) is 1.40. The predicted octanol–water partition coefficient (Wildman–Crippen LogP) is -0.951. The molecule has 11 heavy (non-hydrogen) atoms. The highest BCUT2D eigenvalue weighted by Crippen LogP contribution is 2.22. The van der Waals surface area contributed by atoms with Crippen LogP contribution in [0, 0.1) is 5.92 Å². The normalized spacial score (nSPS) is 45.8. The van der Waals surface area contributed by atoms with Crippen molar-refractivity contribution >= 4 is 0 Å². The molecule has 0 radical (unpaired) electrons. The standard InChI is InChI=1S/C7H15NO3/c1-4-7(10)5(3-8)2-6(9)11-4/h4-7,9-10H,2-3,8H2,1H3/t4-,5+,6?,7-/m0/s1. The second kappa shape index (κ2) is 3.49. The summed E-state index contributed by atoms with van der Waals surface area (Å²) >= 11 is 0. The number of nitrogens with two attached hydrogens (primary N) is 1. The molecule has 1 fully saturated rings. The topological polar surface area (TPSA) is 75.7 Å². The van der Waals surface area contributed by atoms with Crippen LogP contribution in [0.1, 0.15) is 13.3 Å².